The average Bonchev–Trinajstić information content (AvgIpc) is 3.22. The first-order valence-electron chi connectivity index (χ1n) is 25.1. The van der Waals surface area contributed by atoms with Crippen LogP contribution in [0.15, 0.2) is 58.8 Å². The van der Waals surface area contributed by atoms with Crippen LogP contribution in [0.3, 0.4) is 0 Å². The number of unbranched alkanes of at least 4 members (excludes halogenated alkanes) is 33. The largest absolute Gasteiger partial charge is 1.00 e. The molecule has 2 heterocycles. The number of thioether (sulfide) groups is 2. The normalized spacial score (nSPS) is 11.1. The number of rotatable bonds is 43. The summed E-state index contributed by atoms with van der Waals surface area (Å²) in [5.74, 6) is 2.49. The van der Waals surface area contributed by atoms with Crippen LogP contribution in [0.5, 0.6) is 0 Å². The van der Waals surface area contributed by atoms with Gasteiger partial charge in [-0.25, -0.2) is 9.13 Å². The first-order chi connectivity index (χ1) is 27.8. The minimum absolute atomic E-state index is 0. The van der Waals surface area contributed by atoms with Crippen molar-refractivity contribution in [1.29, 1.82) is 0 Å². The Kier molecular flexibility index (Phi) is 47.3. The third-order valence-electron chi connectivity index (χ3n) is 11.8. The monoisotopic (exact) mass is 1060 g/mol. The van der Waals surface area contributed by atoms with Crippen LogP contribution in [0.1, 0.15) is 245 Å². The number of aromatic nitrogens is 2. The Bertz CT molecular complexity index is 983. The molecule has 0 unspecified atom stereocenters. The van der Waals surface area contributed by atoms with E-state index in [9.17, 15) is 0 Å². The number of aryl methyl sites for hydroxylation is 2. The van der Waals surface area contributed by atoms with Crippen LogP contribution >= 0.6 is 23.5 Å². The maximum absolute atomic E-state index is 2.39. The molecule has 0 bridgehead atoms. The Morgan fingerprint density at radius 1 is 0.293 bits per heavy atom. The van der Waals surface area contributed by atoms with Crippen LogP contribution in [-0.2, 0) is 13.1 Å². The summed E-state index contributed by atoms with van der Waals surface area (Å²) in [6, 6.07) is 9.33. The molecule has 0 saturated heterocycles. The maximum atomic E-state index is 2.39. The van der Waals surface area contributed by atoms with Crippen molar-refractivity contribution >= 4 is 23.5 Å². The van der Waals surface area contributed by atoms with Gasteiger partial charge in [0.1, 0.15) is 13.1 Å². The van der Waals surface area contributed by atoms with Gasteiger partial charge in [-0.3, -0.25) is 0 Å². The molecule has 58 heavy (non-hydrogen) atoms. The van der Waals surface area contributed by atoms with E-state index in [2.05, 4.69) is 72.0 Å². The Labute approximate surface area is 405 Å². The lowest BCUT2D eigenvalue weighted by Crippen LogP contribution is -3.00. The van der Waals surface area contributed by atoms with Crippen LogP contribution in [0.25, 0.3) is 0 Å². The van der Waals surface area contributed by atoms with E-state index in [1.165, 1.54) is 266 Å². The van der Waals surface area contributed by atoms with Crippen molar-refractivity contribution in [3.05, 3.63) is 49.1 Å². The van der Waals surface area contributed by atoms with E-state index in [0.29, 0.717) is 0 Å². The molecule has 2 rings (SSSR count). The van der Waals surface area contributed by atoms with E-state index in [1.54, 1.807) is 0 Å². The highest BCUT2D eigenvalue weighted by molar-refractivity contribution is 7.99. The first-order valence-corrected chi connectivity index (χ1v) is 27.0. The average molecular weight is 1070 g/mol. The van der Waals surface area contributed by atoms with E-state index in [0.717, 1.165) is 0 Å². The summed E-state index contributed by atoms with van der Waals surface area (Å²) < 4.78 is 4.78. The SMILES string of the molecule is CCCCCCCCCCCCCCCCCC[n+]1ccc(SCCCCCCSc2cc[n+](CCCCCCCCCCCCCCCCCC)cc2)cc1.[I-].[I-]. The lowest BCUT2D eigenvalue weighted by Gasteiger charge is -2.04. The third-order valence-corrected chi connectivity index (χ3v) is 14.0. The second-order valence-corrected chi connectivity index (χ2v) is 19.6. The molecule has 2 aromatic heterocycles. The van der Waals surface area contributed by atoms with E-state index in [1.807, 2.05) is 23.5 Å². The molecule has 2 aromatic rings. The lowest BCUT2D eigenvalue weighted by molar-refractivity contribution is -0.697. The Morgan fingerprint density at radius 2 is 0.500 bits per heavy atom. The van der Waals surface area contributed by atoms with Crippen LogP contribution in [0.2, 0.25) is 0 Å². The minimum Gasteiger partial charge on any atom is -1.00 e. The summed E-state index contributed by atoms with van der Waals surface area (Å²) in [7, 11) is 0. The van der Waals surface area contributed by atoms with Crippen molar-refractivity contribution in [3.63, 3.8) is 0 Å². The summed E-state index contributed by atoms with van der Waals surface area (Å²) in [4.78, 5) is 2.86. The molecule has 0 aromatic carbocycles. The van der Waals surface area contributed by atoms with E-state index < -0.39 is 0 Å². The molecule has 2 nitrogen and oxygen atoms in total. The molecular formula is C52H94I2N2S2. The van der Waals surface area contributed by atoms with Gasteiger partial charge in [0.15, 0.2) is 24.8 Å². The van der Waals surface area contributed by atoms with Gasteiger partial charge in [-0.1, -0.05) is 206 Å². The third kappa shape index (κ3) is 38.2. The van der Waals surface area contributed by atoms with Gasteiger partial charge in [-0.05, 0) is 37.2 Å². The fraction of sp³-hybridized carbons (Fsp3) is 0.808. The predicted molar refractivity (Wildman–Crippen MR) is 252 cm³/mol. The molecule has 0 aliphatic rings. The summed E-state index contributed by atoms with van der Waals surface area (Å²) in [5.41, 5.74) is 0. The molecule has 0 aliphatic carbocycles. The standard InChI is InChI=1S/C52H94N2S2.2HI/c1-3-5-7-9-11-13-15-17-19-21-23-25-27-29-31-35-43-53-45-39-51(40-46-53)55-49-37-33-34-38-50-56-52-41-47-54(48-42-52)44-36-32-30-28-26-24-22-20-18-16-14-12-10-8-6-4-2;;/h39-42,45-48H,3-38,43-44,49-50H2,1-2H3;2*1H/q+2;;/p-2. The molecule has 0 fully saturated rings. The summed E-state index contributed by atoms with van der Waals surface area (Å²) in [5, 5.41) is 0. The highest BCUT2D eigenvalue weighted by Gasteiger charge is 2.05. The Balaban J connectivity index is 0.0000162. The second-order valence-electron chi connectivity index (χ2n) is 17.3. The molecule has 0 saturated carbocycles. The molecule has 6 heteroatoms. The Morgan fingerprint density at radius 3 is 0.741 bits per heavy atom. The quantitative estimate of drug-likeness (QED) is 0.0283. The van der Waals surface area contributed by atoms with Crippen molar-refractivity contribution in [2.45, 2.75) is 268 Å². The van der Waals surface area contributed by atoms with Gasteiger partial charge in [-0.2, -0.15) is 0 Å². The number of halogens is 2. The second kappa shape index (κ2) is 47.0. The van der Waals surface area contributed by atoms with Crippen molar-refractivity contribution in [2.75, 3.05) is 11.5 Å². The molecule has 338 valence electrons. The van der Waals surface area contributed by atoms with Gasteiger partial charge in [-0.15, -0.1) is 23.5 Å². The molecule has 0 amide bonds. The van der Waals surface area contributed by atoms with Gasteiger partial charge in [0.05, 0.1) is 0 Å². The van der Waals surface area contributed by atoms with Gasteiger partial charge in [0, 0.05) is 46.9 Å². The van der Waals surface area contributed by atoms with Crippen molar-refractivity contribution in [2.24, 2.45) is 0 Å². The van der Waals surface area contributed by atoms with E-state index >= 15 is 0 Å². The van der Waals surface area contributed by atoms with Crippen molar-refractivity contribution in [3.8, 4) is 0 Å². The van der Waals surface area contributed by atoms with Crippen LogP contribution in [0, 0.1) is 0 Å². The Hall–Kier alpha value is 0.460. The van der Waals surface area contributed by atoms with Crippen molar-refractivity contribution in [1.82, 2.24) is 0 Å². The first kappa shape index (κ1) is 58.5. The fourth-order valence-electron chi connectivity index (χ4n) is 8.00. The van der Waals surface area contributed by atoms with Gasteiger partial charge < -0.3 is 48.0 Å². The lowest BCUT2D eigenvalue weighted by atomic mass is 10.0. The van der Waals surface area contributed by atoms with E-state index in [-0.39, 0.29) is 48.0 Å². The zero-order valence-corrected chi connectivity index (χ0v) is 44.3. The smallest absolute Gasteiger partial charge is 0.169 e. The summed E-state index contributed by atoms with van der Waals surface area (Å²) in [6.07, 6.45) is 60.5. The minimum atomic E-state index is 0. The molecule has 0 atom stereocenters. The molecule has 0 radical (unpaired) electrons. The van der Waals surface area contributed by atoms with Gasteiger partial charge in [0.25, 0.3) is 0 Å². The van der Waals surface area contributed by atoms with Gasteiger partial charge >= 0.3 is 0 Å². The maximum Gasteiger partial charge on any atom is 0.169 e. The molecule has 0 aliphatic heterocycles. The van der Waals surface area contributed by atoms with Crippen LogP contribution in [-0.4, -0.2) is 11.5 Å². The number of nitrogens with zero attached hydrogens (tertiary/aromatic N) is 2. The zero-order chi connectivity index (χ0) is 39.7. The molecule has 0 N–H and O–H groups in total. The number of pyridine rings is 2. The summed E-state index contributed by atoms with van der Waals surface area (Å²) >= 11 is 4.07. The molecular weight excluding hydrogens is 971 g/mol. The molecule has 0 spiro atoms. The predicted octanol–water partition coefficient (Wildman–Crippen LogP) is 11.2. The summed E-state index contributed by atoms with van der Waals surface area (Å²) in [6.45, 7) is 6.95. The fourth-order valence-corrected chi connectivity index (χ4v) is 9.80. The van der Waals surface area contributed by atoms with E-state index in [4.69, 9.17) is 0 Å². The van der Waals surface area contributed by atoms with Gasteiger partial charge in [0.2, 0.25) is 0 Å². The van der Waals surface area contributed by atoms with Crippen LogP contribution in [0.4, 0.5) is 0 Å². The zero-order valence-electron chi connectivity index (χ0n) is 38.4. The topological polar surface area (TPSA) is 7.76 Å². The van der Waals surface area contributed by atoms with Crippen LogP contribution < -0.4 is 57.1 Å². The number of hydrogen-bond donors (Lipinski definition) is 0. The van der Waals surface area contributed by atoms with Crippen molar-refractivity contribution < 1.29 is 57.1 Å². The number of hydrogen-bond acceptors (Lipinski definition) is 2. The highest BCUT2D eigenvalue weighted by Crippen LogP contribution is 2.21. The highest BCUT2D eigenvalue weighted by atomic mass is 127.